The normalized spacial score (nSPS) is 11.7. The summed E-state index contributed by atoms with van der Waals surface area (Å²) in [7, 11) is 0. The van der Waals surface area contributed by atoms with Crippen molar-refractivity contribution >= 4 is 28.3 Å². The number of pyridine rings is 1. The van der Waals surface area contributed by atoms with E-state index in [1.165, 1.54) is 19.1 Å². The Balaban J connectivity index is 1.78. The summed E-state index contributed by atoms with van der Waals surface area (Å²) in [4.78, 5) is 17.2. The topological polar surface area (TPSA) is 30.0 Å². The molecule has 0 aliphatic heterocycles. The lowest BCUT2D eigenvalue weighted by Crippen LogP contribution is -2.06. The molecule has 4 rings (SSSR count). The molecule has 0 aliphatic carbocycles. The monoisotopic (exact) mass is 467 g/mol. The van der Waals surface area contributed by atoms with E-state index in [4.69, 9.17) is 11.6 Å². The van der Waals surface area contributed by atoms with E-state index in [0.29, 0.717) is 34.6 Å². The lowest BCUT2D eigenvalue weighted by Gasteiger charge is -2.17. The van der Waals surface area contributed by atoms with Gasteiger partial charge in [-0.2, -0.15) is 13.2 Å². The minimum absolute atomic E-state index is 0.0793. The molecule has 168 valence electrons. The minimum Gasteiger partial charge on any atom is -0.294 e. The van der Waals surface area contributed by atoms with Gasteiger partial charge in [0.1, 0.15) is 0 Å². The molecule has 0 aliphatic rings. The number of halogens is 4. The maximum absolute atomic E-state index is 12.9. The second-order valence-electron chi connectivity index (χ2n) is 8.02. The molecule has 0 bridgehead atoms. The number of carbonyl (C=O) groups is 1. The molecule has 1 heterocycles. The zero-order valence-corrected chi connectivity index (χ0v) is 18.9. The first-order chi connectivity index (χ1) is 15.6. The summed E-state index contributed by atoms with van der Waals surface area (Å²) in [6.45, 7) is 3.34. The molecular formula is C27H21ClF3NO. The van der Waals surface area contributed by atoms with Crippen LogP contribution in [0.5, 0.6) is 0 Å². The average molecular weight is 468 g/mol. The fraction of sp³-hybridized carbons (Fsp3) is 0.185. The van der Waals surface area contributed by atoms with E-state index >= 15 is 0 Å². The molecule has 0 saturated heterocycles. The third-order valence-corrected chi connectivity index (χ3v) is 5.97. The van der Waals surface area contributed by atoms with Crippen molar-refractivity contribution in [1.29, 1.82) is 0 Å². The summed E-state index contributed by atoms with van der Waals surface area (Å²) >= 11 is 6.18. The van der Waals surface area contributed by atoms with Crippen LogP contribution in [0.1, 0.15) is 39.7 Å². The number of rotatable bonds is 5. The van der Waals surface area contributed by atoms with Crippen molar-refractivity contribution in [2.75, 3.05) is 0 Å². The SMILES string of the molecule is CC(=O)c1c(C)nc2cc(Cl)ccc2c1-c1ccccc1CCc1ccc(C(F)(F)F)cc1. The number of ketones is 1. The van der Waals surface area contributed by atoms with Gasteiger partial charge < -0.3 is 0 Å². The Morgan fingerprint density at radius 2 is 1.67 bits per heavy atom. The zero-order chi connectivity index (χ0) is 23.8. The Labute approximate surface area is 195 Å². The van der Waals surface area contributed by atoms with Crippen LogP contribution in [0.4, 0.5) is 13.2 Å². The maximum atomic E-state index is 12.9. The van der Waals surface area contributed by atoms with Crippen LogP contribution in [0, 0.1) is 6.92 Å². The predicted octanol–water partition coefficient (Wildman–Crippen LogP) is 7.87. The van der Waals surface area contributed by atoms with Gasteiger partial charge in [0.2, 0.25) is 0 Å². The largest absolute Gasteiger partial charge is 0.416 e. The van der Waals surface area contributed by atoms with Gasteiger partial charge in [-0.15, -0.1) is 0 Å². The van der Waals surface area contributed by atoms with Gasteiger partial charge in [-0.3, -0.25) is 9.78 Å². The highest BCUT2D eigenvalue weighted by molar-refractivity contribution is 6.31. The highest BCUT2D eigenvalue weighted by atomic mass is 35.5. The van der Waals surface area contributed by atoms with E-state index in [1.54, 1.807) is 12.1 Å². The highest BCUT2D eigenvalue weighted by Gasteiger charge is 2.29. The van der Waals surface area contributed by atoms with Gasteiger partial charge in [0.05, 0.1) is 11.1 Å². The van der Waals surface area contributed by atoms with Crippen LogP contribution in [0.3, 0.4) is 0 Å². The van der Waals surface area contributed by atoms with E-state index in [1.807, 2.05) is 37.3 Å². The number of alkyl halides is 3. The third kappa shape index (κ3) is 4.79. The number of carbonyl (C=O) groups excluding carboxylic acids is 1. The molecule has 33 heavy (non-hydrogen) atoms. The van der Waals surface area contributed by atoms with Crippen LogP contribution in [0.2, 0.25) is 5.02 Å². The Morgan fingerprint density at radius 1 is 0.970 bits per heavy atom. The van der Waals surface area contributed by atoms with Crippen LogP contribution >= 0.6 is 11.6 Å². The summed E-state index contributed by atoms with van der Waals surface area (Å²) in [5, 5.41) is 1.39. The molecule has 2 nitrogen and oxygen atoms in total. The van der Waals surface area contributed by atoms with Gasteiger partial charge in [0, 0.05) is 27.2 Å². The van der Waals surface area contributed by atoms with Crippen LogP contribution < -0.4 is 0 Å². The van der Waals surface area contributed by atoms with Crippen LogP contribution in [-0.2, 0) is 19.0 Å². The van der Waals surface area contributed by atoms with Crippen molar-refractivity contribution in [1.82, 2.24) is 4.98 Å². The van der Waals surface area contributed by atoms with E-state index < -0.39 is 11.7 Å². The lowest BCUT2D eigenvalue weighted by atomic mass is 9.88. The zero-order valence-electron chi connectivity index (χ0n) is 18.1. The van der Waals surface area contributed by atoms with E-state index in [0.717, 1.165) is 39.8 Å². The van der Waals surface area contributed by atoms with E-state index in [2.05, 4.69) is 4.98 Å². The van der Waals surface area contributed by atoms with Gasteiger partial charge in [0.15, 0.2) is 5.78 Å². The molecule has 0 spiro atoms. The fourth-order valence-electron chi connectivity index (χ4n) is 4.19. The number of nitrogens with zero attached hydrogens (tertiary/aromatic N) is 1. The Kier molecular flexibility index (Phi) is 6.26. The van der Waals surface area contributed by atoms with E-state index in [9.17, 15) is 18.0 Å². The van der Waals surface area contributed by atoms with E-state index in [-0.39, 0.29) is 5.78 Å². The summed E-state index contributed by atoms with van der Waals surface area (Å²) in [6.07, 6.45) is -3.18. The van der Waals surface area contributed by atoms with Crippen LogP contribution in [0.25, 0.3) is 22.0 Å². The first kappa shape index (κ1) is 23.0. The van der Waals surface area contributed by atoms with Gasteiger partial charge in [0.25, 0.3) is 0 Å². The van der Waals surface area contributed by atoms with Gasteiger partial charge in [-0.1, -0.05) is 54.1 Å². The molecule has 0 amide bonds. The number of aryl methyl sites for hydroxylation is 3. The Bertz CT molecular complexity index is 1340. The summed E-state index contributed by atoms with van der Waals surface area (Å²) in [6, 6.07) is 18.5. The van der Waals surface area contributed by atoms with Crippen molar-refractivity contribution in [3.63, 3.8) is 0 Å². The molecule has 0 atom stereocenters. The number of benzene rings is 3. The molecule has 3 aromatic carbocycles. The first-order valence-corrected chi connectivity index (χ1v) is 10.9. The number of hydrogen-bond donors (Lipinski definition) is 0. The van der Waals surface area contributed by atoms with Crippen LogP contribution in [0.15, 0.2) is 66.7 Å². The molecule has 0 fully saturated rings. The van der Waals surface area contributed by atoms with Crippen molar-refractivity contribution in [2.24, 2.45) is 0 Å². The summed E-state index contributed by atoms with van der Waals surface area (Å²) in [5.41, 5.74) is 4.77. The second kappa shape index (κ2) is 8.99. The predicted molar refractivity (Wildman–Crippen MR) is 126 cm³/mol. The molecule has 0 unspecified atom stereocenters. The molecule has 4 aromatic rings. The average Bonchev–Trinajstić information content (AvgIpc) is 2.76. The van der Waals surface area contributed by atoms with Crippen molar-refractivity contribution in [2.45, 2.75) is 32.9 Å². The lowest BCUT2D eigenvalue weighted by molar-refractivity contribution is -0.137. The van der Waals surface area contributed by atoms with Gasteiger partial charge >= 0.3 is 6.18 Å². The number of aromatic nitrogens is 1. The molecule has 0 N–H and O–H groups in total. The second-order valence-corrected chi connectivity index (χ2v) is 8.45. The fourth-order valence-corrected chi connectivity index (χ4v) is 4.36. The molecular weight excluding hydrogens is 447 g/mol. The van der Waals surface area contributed by atoms with Crippen molar-refractivity contribution in [3.8, 4) is 11.1 Å². The maximum Gasteiger partial charge on any atom is 0.416 e. The Morgan fingerprint density at radius 3 is 2.33 bits per heavy atom. The summed E-state index contributed by atoms with van der Waals surface area (Å²) < 4.78 is 38.6. The molecule has 1 aromatic heterocycles. The molecule has 0 saturated carbocycles. The minimum atomic E-state index is -4.35. The first-order valence-electron chi connectivity index (χ1n) is 10.5. The Hall–Kier alpha value is -3.18. The van der Waals surface area contributed by atoms with Gasteiger partial charge in [-0.25, -0.2) is 0 Å². The van der Waals surface area contributed by atoms with Gasteiger partial charge in [-0.05, 0) is 67.6 Å². The molecule has 6 heteroatoms. The smallest absolute Gasteiger partial charge is 0.294 e. The molecule has 0 radical (unpaired) electrons. The number of hydrogen-bond acceptors (Lipinski definition) is 2. The number of fused-ring (bicyclic) bond motifs is 1. The highest BCUT2D eigenvalue weighted by Crippen LogP contribution is 2.37. The third-order valence-electron chi connectivity index (χ3n) is 5.73. The van der Waals surface area contributed by atoms with Crippen molar-refractivity contribution in [3.05, 3.63) is 99.7 Å². The van der Waals surface area contributed by atoms with Crippen molar-refractivity contribution < 1.29 is 18.0 Å². The quantitative estimate of drug-likeness (QED) is 0.279. The van der Waals surface area contributed by atoms with Crippen LogP contribution in [-0.4, -0.2) is 10.8 Å². The number of Topliss-reactive ketones (excluding diaryl/α,β-unsaturated/α-hetero) is 1. The summed E-state index contributed by atoms with van der Waals surface area (Å²) in [5.74, 6) is -0.0793. The standard InChI is InChI=1S/C27H21ClF3NO/c1-16-25(17(2)33)26(23-14-13-21(28)15-24(23)32-16)22-6-4-3-5-19(22)10-7-18-8-11-20(12-9-18)27(29,30)31/h3-6,8-9,11-15H,7,10H2,1-2H3.